The maximum absolute atomic E-state index is 5.65. The van der Waals surface area contributed by atoms with Crippen molar-refractivity contribution in [3.05, 3.63) is 35.4 Å². The molecule has 2 N–H and O–H groups in total. The molecular weight excluding hydrogens is 378 g/mol. The van der Waals surface area contributed by atoms with E-state index in [1.807, 2.05) is 0 Å². The van der Waals surface area contributed by atoms with Gasteiger partial charge in [-0.1, -0.05) is 24.3 Å². The van der Waals surface area contributed by atoms with Crippen molar-refractivity contribution in [3.63, 3.8) is 0 Å². The molecule has 1 unspecified atom stereocenters. The van der Waals surface area contributed by atoms with E-state index in [1.165, 1.54) is 11.1 Å². The topological polar surface area (TPSA) is 61.4 Å². The molecule has 1 saturated heterocycles. The first kappa shape index (κ1) is 24.6. The van der Waals surface area contributed by atoms with Crippen molar-refractivity contribution >= 4 is 5.96 Å². The van der Waals surface area contributed by atoms with Crippen LogP contribution in [0.3, 0.4) is 0 Å². The highest BCUT2D eigenvalue weighted by Gasteiger charge is 2.16. The molecule has 1 fully saturated rings. The van der Waals surface area contributed by atoms with Crippen LogP contribution < -0.4 is 10.6 Å². The summed E-state index contributed by atoms with van der Waals surface area (Å²) in [5.41, 5.74) is 2.58. The first-order valence-electron chi connectivity index (χ1n) is 11.2. The highest BCUT2D eigenvalue weighted by Crippen LogP contribution is 2.12. The number of rotatable bonds is 12. The number of nitrogens with one attached hydrogen (secondary N) is 2. The summed E-state index contributed by atoms with van der Waals surface area (Å²) < 4.78 is 10.8. The molecule has 2 rings (SSSR count). The molecule has 0 saturated carbocycles. The number of benzene rings is 1. The van der Waals surface area contributed by atoms with Crippen LogP contribution in [0.15, 0.2) is 29.3 Å². The van der Waals surface area contributed by atoms with Crippen molar-refractivity contribution in [1.82, 2.24) is 20.4 Å². The number of nitrogens with zero attached hydrogens (tertiary/aromatic N) is 3. The SMILES string of the molecule is CCNC(=NCc1cccc(CN2CCOC(C)C2)c1)NCCN(C)CCCOC. The van der Waals surface area contributed by atoms with Gasteiger partial charge in [-0.2, -0.15) is 0 Å². The van der Waals surface area contributed by atoms with Gasteiger partial charge in [0.05, 0.1) is 19.3 Å². The van der Waals surface area contributed by atoms with E-state index in [-0.39, 0.29) is 0 Å². The van der Waals surface area contributed by atoms with Crippen LogP contribution in [0.5, 0.6) is 0 Å². The van der Waals surface area contributed by atoms with Crippen molar-refractivity contribution in [3.8, 4) is 0 Å². The molecule has 7 nitrogen and oxygen atoms in total. The Kier molecular flexibility index (Phi) is 11.8. The molecule has 0 radical (unpaired) electrons. The van der Waals surface area contributed by atoms with Gasteiger partial charge >= 0.3 is 0 Å². The molecule has 1 heterocycles. The quantitative estimate of drug-likeness (QED) is 0.307. The van der Waals surface area contributed by atoms with Gasteiger partial charge in [0.1, 0.15) is 0 Å². The monoisotopic (exact) mass is 419 g/mol. The molecule has 1 aromatic carbocycles. The molecule has 1 aliphatic heterocycles. The third-order valence-electron chi connectivity index (χ3n) is 5.16. The van der Waals surface area contributed by atoms with Crippen molar-refractivity contribution in [2.75, 3.05) is 66.6 Å². The van der Waals surface area contributed by atoms with Crippen molar-refractivity contribution in [2.24, 2.45) is 4.99 Å². The third kappa shape index (κ3) is 9.89. The second kappa shape index (κ2) is 14.4. The standard InChI is InChI=1S/C23H41N5O2/c1-5-24-23(25-10-12-27(3)11-7-14-29-4)26-17-21-8-6-9-22(16-21)19-28-13-15-30-20(2)18-28/h6,8-9,16,20H,5,7,10-15,17-19H2,1-4H3,(H2,24,25,26). The number of aliphatic imine (C=N–C) groups is 1. The van der Waals surface area contributed by atoms with E-state index in [1.54, 1.807) is 7.11 Å². The summed E-state index contributed by atoms with van der Waals surface area (Å²) >= 11 is 0. The first-order valence-corrected chi connectivity index (χ1v) is 11.2. The first-order chi connectivity index (χ1) is 14.6. The van der Waals surface area contributed by atoms with Crippen LogP contribution in [-0.2, 0) is 22.6 Å². The van der Waals surface area contributed by atoms with E-state index in [2.05, 4.69) is 65.6 Å². The summed E-state index contributed by atoms with van der Waals surface area (Å²) in [6, 6.07) is 8.77. The van der Waals surface area contributed by atoms with Gasteiger partial charge in [0.25, 0.3) is 0 Å². The Labute approximate surface area is 182 Å². The molecule has 0 spiro atoms. The summed E-state index contributed by atoms with van der Waals surface area (Å²) in [6.45, 7) is 13.2. The van der Waals surface area contributed by atoms with Crippen LogP contribution in [-0.4, -0.2) is 88.5 Å². The van der Waals surface area contributed by atoms with Crippen LogP contribution in [0.1, 0.15) is 31.4 Å². The van der Waals surface area contributed by atoms with Crippen LogP contribution in [0, 0.1) is 0 Å². The van der Waals surface area contributed by atoms with E-state index in [9.17, 15) is 0 Å². The van der Waals surface area contributed by atoms with Gasteiger partial charge in [0.15, 0.2) is 5.96 Å². The number of guanidine groups is 1. The van der Waals surface area contributed by atoms with E-state index in [4.69, 9.17) is 14.5 Å². The summed E-state index contributed by atoms with van der Waals surface area (Å²) in [7, 11) is 3.89. The normalized spacial score (nSPS) is 18.0. The van der Waals surface area contributed by atoms with E-state index < -0.39 is 0 Å². The zero-order valence-corrected chi connectivity index (χ0v) is 19.3. The minimum absolute atomic E-state index is 0.319. The predicted molar refractivity (Wildman–Crippen MR) is 124 cm³/mol. The lowest BCUT2D eigenvalue weighted by Crippen LogP contribution is -2.41. The van der Waals surface area contributed by atoms with E-state index in [0.29, 0.717) is 12.6 Å². The average Bonchev–Trinajstić information content (AvgIpc) is 2.72. The molecule has 1 aliphatic rings. The number of hydrogen-bond donors (Lipinski definition) is 2. The molecule has 0 aromatic heterocycles. The summed E-state index contributed by atoms with van der Waals surface area (Å²) in [6.07, 6.45) is 1.38. The maximum Gasteiger partial charge on any atom is 0.191 e. The van der Waals surface area contributed by atoms with Gasteiger partial charge < -0.3 is 25.0 Å². The van der Waals surface area contributed by atoms with E-state index in [0.717, 1.165) is 71.4 Å². The number of ether oxygens (including phenoxy) is 2. The fraction of sp³-hybridized carbons (Fsp3) is 0.696. The zero-order chi connectivity index (χ0) is 21.6. The van der Waals surface area contributed by atoms with Gasteiger partial charge in [-0.25, -0.2) is 4.99 Å². The lowest BCUT2D eigenvalue weighted by atomic mass is 10.1. The molecule has 1 atom stereocenters. The number of methoxy groups -OCH3 is 1. The molecule has 0 amide bonds. The van der Waals surface area contributed by atoms with E-state index >= 15 is 0 Å². The molecule has 30 heavy (non-hydrogen) atoms. The Morgan fingerprint density at radius 2 is 2.13 bits per heavy atom. The summed E-state index contributed by atoms with van der Waals surface area (Å²) in [5.74, 6) is 0.871. The Balaban J connectivity index is 1.81. The van der Waals surface area contributed by atoms with Gasteiger partial charge in [-0.05, 0) is 38.4 Å². The predicted octanol–water partition coefficient (Wildman–Crippen LogP) is 1.93. The lowest BCUT2D eigenvalue weighted by molar-refractivity contribution is -0.0212. The van der Waals surface area contributed by atoms with Crippen molar-refractivity contribution in [1.29, 1.82) is 0 Å². The second-order valence-electron chi connectivity index (χ2n) is 8.01. The minimum atomic E-state index is 0.319. The number of morpholine rings is 1. The summed E-state index contributed by atoms with van der Waals surface area (Å²) in [5, 5.41) is 6.78. The fourth-order valence-electron chi connectivity index (χ4n) is 3.59. The van der Waals surface area contributed by atoms with Crippen LogP contribution >= 0.6 is 0 Å². The fourth-order valence-corrected chi connectivity index (χ4v) is 3.59. The minimum Gasteiger partial charge on any atom is -0.385 e. The van der Waals surface area contributed by atoms with Crippen LogP contribution in [0.4, 0.5) is 0 Å². The third-order valence-corrected chi connectivity index (χ3v) is 5.16. The van der Waals surface area contributed by atoms with Crippen molar-refractivity contribution in [2.45, 2.75) is 39.5 Å². The number of likely N-dealkylation sites (N-methyl/N-ethyl adjacent to an activating group) is 1. The molecule has 0 bridgehead atoms. The largest absolute Gasteiger partial charge is 0.385 e. The highest BCUT2D eigenvalue weighted by molar-refractivity contribution is 5.79. The Hall–Kier alpha value is -1.67. The molecular formula is C23H41N5O2. The Morgan fingerprint density at radius 3 is 2.90 bits per heavy atom. The molecule has 170 valence electrons. The highest BCUT2D eigenvalue weighted by atomic mass is 16.5. The van der Waals surface area contributed by atoms with Gasteiger partial charge in [0, 0.05) is 59.5 Å². The summed E-state index contributed by atoms with van der Waals surface area (Å²) in [4.78, 5) is 9.55. The lowest BCUT2D eigenvalue weighted by Gasteiger charge is -2.31. The molecule has 1 aromatic rings. The van der Waals surface area contributed by atoms with Gasteiger partial charge in [0.2, 0.25) is 0 Å². The Morgan fingerprint density at radius 1 is 1.30 bits per heavy atom. The maximum atomic E-state index is 5.65. The Bertz CT molecular complexity index is 625. The molecule has 0 aliphatic carbocycles. The second-order valence-corrected chi connectivity index (χ2v) is 8.01. The smallest absolute Gasteiger partial charge is 0.191 e. The average molecular weight is 420 g/mol. The van der Waals surface area contributed by atoms with Crippen molar-refractivity contribution < 1.29 is 9.47 Å². The van der Waals surface area contributed by atoms with Gasteiger partial charge in [-0.15, -0.1) is 0 Å². The zero-order valence-electron chi connectivity index (χ0n) is 19.3. The molecule has 7 heteroatoms. The van der Waals surface area contributed by atoms with Crippen LogP contribution in [0.25, 0.3) is 0 Å². The van der Waals surface area contributed by atoms with Crippen LogP contribution in [0.2, 0.25) is 0 Å². The van der Waals surface area contributed by atoms with Gasteiger partial charge in [-0.3, -0.25) is 4.90 Å². The number of hydrogen-bond acceptors (Lipinski definition) is 5.